The van der Waals surface area contributed by atoms with Crippen LogP contribution < -0.4 is 0 Å². The van der Waals surface area contributed by atoms with Crippen molar-refractivity contribution in [3.63, 3.8) is 0 Å². The minimum absolute atomic E-state index is 0.495. The van der Waals surface area contributed by atoms with E-state index in [1.165, 1.54) is 0 Å². The van der Waals surface area contributed by atoms with Crippen LogP contribution in [0.1, 0.15) is 34.9 Å². The van der Waals surface area contributed by atoms with Gasteiger partial charge in [0.15, 0.2) is 6.29 Å². The van der Waals surface area contributed by atoms with Crippen LogP contribution in [-0.4, -0.2) is 10.9 Å². The fourth-order valence-electron chi connectivity index (χ4n) is 2.39. The standard InChI is InChI=1S/C13H12ClNO/c1-8-12(7-16)15(9-5-6-9)11-4-2-3-10(14)13(8)11/h2-4,7,9H,5-6H2,1H3. The van der Waals surface area contributed by atoms with Gasteiger partial charge in [0.2, 0.25) is 0 Å². The van der Waals surface area contributed by atoms with Crippen molar-refractivity contribution in [1.29, 1.82) is 0 Å². The lowest BCUT2D eigenvalue weighted by Gasteiger charge is -2.04. The van der Waals surface area contributed by atoms with Crippen LogP contribution in [0.5, 0.6) is 0 Å². The van der Waals surface area contributed by atoms with Crippen LogP contribution in [0.15, 0.2) is 18.2 Å². The molecule has 1 aromatic heterocycles. The van der Waals surface area contributed by atoms with Crippen molar-refractivity contribution in [3.8, 4) is 0 Å². The molecule has 1 aromatic carbocycles. The molecule has 1 fully saturated rings. The van der Waals surface area contributed by atoms with E-state index in [0.717, 1.165) is 46.3 Å². The summed E-state index contributed by atoms with van der Waals surface area (Å²) >= 11 is 6.20. The van der Waals surface area contributed by atoms with Crippen molar-refractivity contribution < 1.29 is 4.79 Å². The monoisotopic (exact) mass is 233 g/mol. The van der Waals surface area contributed by atoms with Gasteiger partial charge in [0.25, 0.3) is 0 Å². The van der Waals surface area contributed by atoms with Crippen LogP contribution in [-0.2, 0) is 0 Å². The fraction of sp³-hybridized carbons (Fsp3) is 0.308. The number of aryl methyl sites for hydroxylation is 1. The van der Waals surface area contributed by atoms with Gasteiger partial charge < -0.3 is 4.57 Å². The third kappa shape index (κ3) is 1.23. The molecule has 0 atom stereocenters. The van der Waals surface area contributed by atoms with E-state index in [4.69, 9.17) is 11.6 Å². The number of carbonyl (C=O) groups excluding carboxylic acids is 1. The van der Waals surface area contributed by atoms with Gasteiger partial charge in [-0.15, -0.1) is 0 Å². The van der Waals surface area contributed by atoms with E-state index in [1.54, 1.807) is 0 Å². The predicted molar refractivity (Wildman–Crippen MR) is 65.3 cm³/mol. The van der Waals surface area contributed by atoms with Crippen LogP contribution in [0.25, 0.3) is 10.9 Å². The van der Waals surface area contributed by atoms with Crippen LogP contribution >= 0.6 is 11.6 Å². The summed E-state index contributed by atoms with van der Waals surface area (Å²) < 4.78 is 2.14. The fourth-order valence-corrected chi connectivity index (χ4v) is 2.71. The van der Waals surface area contributed by atoms with Gasteiger partial charge in [-0.2, -0.15) is 0 Å². The average Bonchev–Trinajstić information content (AvgIpc) is 3.05. The van der Waals surface area contributed by atoms with Crippen molar-refractivity contribution in [2.45, 2.75) is 25.8 Å². The van der Waals surface area contributed by atoms with E-state index in [-0.39, 0.29) is 0 Å². The Hall–Kier alpha value is -1.28. The Balaban J connectivity index is 2.45. The summed E-state index contributed by atoms with van der Waals surface area (Å²) in [6.07, 6.45) is 3.27. The zero-order chi connectivity index (χ0) is 11.3. The Morgan fingerprint density at radius 3 is 2.81 bits per heavy atom. The molecule has 3 rings (SSSR count). The van der Waals surface area contributed by atoms with Crippen molar-refractivity contribution in [1.82, 2.24) is 4.57 Å². The zero-order valence-electron chi connectivity index (χ0n) is 9.03. The molecule has 2 nitrogen and oxygen atoms in total. The Morgan fingerprint density at radius 2 is 2.19 bits per heavy atom. The molecular weight excluding hydrogens is 222 g/mol. The van der Waals surface area contributed by atoms with Crippen LogP contribution in [0.4, 0.5) is 0 Å². The van der Waals surface area contributed by atoms with Crippen molar-refractivity contribution in [2.75, 3.05) is 0 Å². The third-order valence-electron chi connectivity index (χ3n) is 3.29. The molecule has 1 aliphatic carbocycles. The Labute approximate surface area is 98.8 Å². The summed E-state index contributed by atoms with van der Waals surface area (Å²) in [7, 11) is 0. The van der Waals surface area contributed by atoms with Gasteiger partial charge in [-0.05, 0) is 37.5 Å². The van der Waals surface area contributed by atoms with E-state index in [1.807, 2.05) is 25.1 Å². The van der Waals surface area contributed by atoms with Gasteiger partial charge >= 0.3 is 0 Å². The highest BCUT2D eigenvalue weighted by Gasteiger charge is 2.29. The number of aldehydes is 1. The van der Waals surface area contributed by atoms with Gasteiger partial charge in [-0.1, -0.05) is 17.7 Å². The molecule has 0 aliphatic heterocycles. The Bertz CT molecular complexity index is 581. The van der Waals surface area contributed by atoms with Crippen LogP contribution in [0.3, 0.4) is 0 Å². The summed E-state index contributed by atoms with van der Waals surface area (Å²) in [6, 6.07) is 6.36. The summed E-state index contributed by atoms with van der Waals surface area (Å²) in [6.45, 7) is 1.97. The van der Waals surface area contributed by atoms with E-state index in [9.17, 15) is 4.79 Å². The lowest BCUT2D eigenvalue weighted by molar-refractivity contribution is 0.111. The summed E-state index contributed by atoms with van der Waals surface area (Å²) in [5.41, 5.74) is 2.88. The molecule has 0 amide bonds. The number of aromatic nitrogens is 1. The second kappa shape index (κ2) is 3.36. The number of fused-ring (bicyclic) bond motifs is 1. The number of hydrogen-bond acceptors (Lipinski definition) is 1. The quantitative estimate of drug-likeness (QED) is 0.724. The number of benzene rings is 1. The highest BCUT2D eigenvalue weighted by atomic mass is 35.5. The molecule has 0 unspecified atom stereocenters. The molecule has 1 aliphatic rings. The normalized spacial score (nSPS) is 15.6. The second-order valence-corrected chi connectivity index (χ2v) is 4.77. The molecule has 0 N–H and O–H groups in total. The van der Waals surface area contributed by atoms with Crippen LogP contribution in [0.2, 0.25) is 5.02 Å². The number of hydrogen-bond donors (Lipinski definition) is 0. The predicted octanol–water partition coefficient (Wildman–Crippen LogP) is 3.75. The molecule has 16 heavy (non-hydrogen) atoms. The first kappa shape index (κ1) is 9.91. The topological polar surface area (TPSA) is 22.0 Å². The summed E-state index contributed by atoms with van der Waals surface area (Å²) in [4.78, 5) is 11.2. The van der Waals surface area contributed by atoms with Gasteiger partial charge in [0.05, 0.1) is 16.2 Å². The molecule has 0 saturated heterocycles. The lowest BCUT2D eigenvalue weighted by atomic mass is 10.1. The van der Waals surface area contributed by atoms with Gasteiger partial charge in [0, 0.05) is 11.4 Å². The molecule has 82 valence electrons. The Kier molecular flexibility index (Phi) is 2.08. The first-order valence-corrected chi connectivity index (χ1v) is 5.86. The number of carbonyl (C=O) groups is 1. The molecule has 0 radical (unpaired) electrons. The molecule has 0 spiro atoms. The number of rotatable bonds is 2. The SMILES string of the molecule is Cc1c(C=O)n(C2CC2)c2cccc(Cl)c12. The largest absolute Gasteiger partial charge is 0.335 e. The summed E-state index contributed by atoms with van der Waals surface area (Å²) in [5, 5.41) is 1.76. The Morgan fingerprint density at radius 1 is 1.44 bits per heavy atom. The van der Waals surface area contributed by atoms with Crippen molar-refractivity contribution >= 4 is 28.8 Å². The number of nitrogens with zero attached hydrogens (tertiary/aromatic N) is 1. The maximum atomic E-state index is 11.2. The highest BCUT2D eigenvalue weighted by Crippen LogP contribution is 2.42. The minimum Gasteiger partial charge on any atom is -0.335 e. The molecule has 0 bridgehead atoms. The van der Waals surface area contributed by atoms with Crippen molar-refractivity contribution in [2.24, 2.45) is 0 Å². The van der Waals surface area contributed by atoms with E-state index in [0.29, 0.717) is 6.04 Å². The zero-order valence-corrected chi connectivity index (χ0v) is 9.79. The average molecular weight is 234 g/mol. The molecule has 3 heteroatoms. The van der Waals surface area contributed by atoms with Gasteiger partial charge in [-0.3, -0.25) is 4.79 Å². The minimum atomic E-state index is 0.495. The maximum absolute atomic E-state index is 11.2. The van der Waals surface area contributed by atoms with E-state index < -0.39 is 0 Å². The summed E-state index contributed by atoms with van der Waals surface area (Å²) in [5.74, 6) is 0. The van der Waals surface area contributed by atoms with E-state index >= 15 is 0 Å². The first-order chi connectivity index (χ1) is 7.74. The molecule has 2 aromatic rings. The maximum Gasteiger partial charge on any atom is 0.166 e. The van der Waals surface area contributed by atoms with E-state index in [2.05, 4.69) is 4.57 Å². The first-order valence-electron chi connectivity index (χ1n) is 5.48. The molecule has 1 heterocycles. The third-order valence-corrected chi connectivity index (χ3v) is 3.61. The smallest absolute Gasteiger partial charge is 0.166 e. The highest BCUT2D eigenvalue weighted by molar-refractivity contribution is 6.36. The lowest BCUT2D eigenvalue weighted by Crippen LogP contribution is -1.99. The van der Waals surface area contributed by atoms with Crippen LogP contribution in [0, 0.1) is 6.92 Å². The van der Waals surface area contributed by atoms with Gasteiger partial charge in [0.1, 0.15) is 0 Å². The molecular formula is C13H12ClNO. The second-order valence-electron chi connectivity index (χ2n) is 4.36. The molecule has 1 saturated carbocycles. The number of halogens is 1. The van der Waals surface area contributed by atoms with Gasteiger partial charge in [-0.25, -0.2) is 0 Å². The van der Waals surface area contributed by atoms with Crippen molar-refractivity contribution in [3.05, 3.63) is 34.5 Å².